The second kappa shape index (κ2) is 10.8. The quantitative estimate of drug-likeness (QED) is 0.551. The van der Waals surface area contributed by atoms with Crippen LogP contribution >= 0.6 is 0 Å². The third-order valence-electron chi connectivity index (χ3n) is 4.27. The maximum absolute atomic E-state index is 12.9. The Morgan fingerprint density at radius 2 is 1.67 bits per heavy atom. The molecule has 0 aliphatic heterocycles. The third-order valence-corrected chi connectivity index (χ3v) is 4.27. The van der Waals surface area contributed by atoms with E-state index in [0.717, 1.165) is 0 Å². The smallest absolute Gasteiger partial charge is 0.326 e. The minimum Gasteiger partial charge on any atom is -0.497 e. The van der Waals surface area contributed by atoms with Crippen LogP contribution in [0.2, 0.25) is 0 Å². The average molecular weight is 410 g/mol. The van der Waals surface area contributed by atoms with Crippen molar-refractivity contribution in [3.8, 4) is 5.75 Å². The van der Waals surface area contributed by atoms with Crippen LogP contribution in [0.4, 0.5) is 0 Å². The number of carbonyl (C=O) groups is 3. The Bertz CT molecular complexity index is 905. The molecular weight excluding hydrogens is 384 g/mol. The maximum Gasteiger partial charge on any atom is 0.326 e. The highest BCUT2D eigenvalue weighted by atomic mass is 16.5. The van der Waals surface area contributed by atoms with Crippen LogP contribution in [0.15, 0.2) is 60.3 Å². The van der Waals surface area contributed by atoms with Gasteiger partial charge in [0.15, 0.2) is 0 Å². The van der Waals surface area contributed by atoms with Gasteiger partial charge in [0, 0.05) is 5.56 Å². The molecule has 2 aromatic carbocycles. The van der Waals surface area contributed by atoms with Gasteiger partial charge in [-0.25, -0.2) is 4.79 Å². The molecule has 0 aromatic heterocycles. The van der Waals surface area contributed by atoms with Gasteiger partial charge in [-0.05, 0) is 48.2 Å². The molecule has 0 spiro atoms. The van der Waals surface area contributed by atoms with Crippen LogP contribution in [0.25, 0.3) is 6.08 Å². The largest absolute Gasteiger partial charge is 0.497 e. The minimum atomic E-state index is -1.13. The fraction of sp³-hybridized carbons (Fsp3) is 0.261. The van der Waals surface area contributed by atoms with Crippen molar-refractivity contribution < 1.29 is 24.2 Å². The van der Waals surface area contributed by atoms with Crippen molar-refractivity contribution in [3.63, 3.8) is 0 Å². The van der Waals surface area contributed by atoms with E-state index >= 15 is 0 Å². The van der Waals surface area contributed by atoms with Crippen molar-refractivity contribution in [2.24, 2.45) is 5.92 Å². The highest BCUT2D eigenvalue weighted by Gasteiger charge is 2.24. The Kier molecular flexibility index (Phi) is 8.17. The number of methoxy groups -OCH3 is 1. The number of carbonyl (C=O) groups excluding carboxylic acids is 2. The van der Waals surface area contributed by atoms with Crippen LogP contribution in [0.3, 0.4) is 0 Å². The molecule has 1 unspecified atom stereocenters. The second-order valence-corrected chi connectivity index (χ2v) is 7.15. The summed E-state index contributed by atoms with van der Waals surface area (Å²) in [5.41, 5.74) is 0.969. The van der Waals surface area contributed by atoms with Crippen molar-refractivity contribution in [1.82, 2.24) is 10.6 Å². The predicted molar refractivity (Wildman–Crippen MR) is 114 cm³/mol. The molecule has 0 radical (unpaired) electrons. The number of nitrogens with one attached hydrogen (secondary N) is 2. The van der Waals surface area contributed by atoms with Crippen molar-refractivity contribution in [2.75, 3.05) is 7.11 Å². The summed E-state index contributed by atoms with van der Waals surface area (Å²) >= 11 is 0. The SMILES string of the molecule is COc1ccc(/C=C(/NC(=O)c2ccccc2)C(=O)NC(CC(C)C)C(=O)O)cc1. The van der Waals surface area contributed by atoms with Crippen LogP contribution in [-0.2, 0) is 9.59 Å². The molecule has 0 fully saturated rings. The normalized spacial score (nSPS) is 12.2. The van der Waals surface area contributed by atoms with Gasteiger partial charge in [-0.15, -0.1) is 0 Å². The highest BCUT2D eigenvalue weighted by Crippen LogP contribution is 2.14. The summed E-state index contributed by atoms with van der Waals surface area (Å²) in [6.07, 6.45) is 1.76. The summed E-state index contributed by atoms with van der Waals surface area (Å²) in [7, 11) is 1.55. The standard InChI is InChI=1S/C23H26N2O5/c1-15(2)13-20(23(28)29)25-22(27)19(14-16-9-11-18(30-3)12-10-16)24-21(26)17-7-5-4-6-8-17/h4-12,14-15,20H,13H2,1-3H3,(H,24,26)(H,25,27)(H,28,29)/b19-14+. The van der Waals surface area contributed by atoms with E-state index in [0.29, 0.717) is 16.9 Å². The number of hydrogen-bond donors (Lipinski definition) is 3. The first-order valence-electron chi connectivity index (χ1n) is 9.56. The van der Waals surface area contributed by atoms with E-state index < -0.39 is 23.8 Å². The number of aliphatic carboxylic acids is 1. The molecule has 0 saturated carbocycles. The molecule has 0 bridgehead atoms. The van der Waals surface area contributed by atoms with Crippen LogP contribution in [-0.4, -0.2) is 36.0 Å². The van der Waals surface area contributed by atoms with Crippen molar-refractivity contribution >= 4 is 23.9 Å². The molecule has 2 rings (SSSR count). The van der Waals surface area contributed by atoms with E-state index in [1.807, 2.05) is 13.8 Å². The first-order valence-corrected chi connectivity index (χ1v) is 9.56. The average Bonchev–Trinajstić information content (AvgIpc) is 2.73. The minimum absolute atomic E-state index is 0.0518. The van der Waals surface area contributed by atoms with Crippen LogP contribution in [0.5, 0.6) is 5.75 Å². The molecule has 7 heteroatoms. The van der Waals surface area contributed by atoms with E-state index in [1.165, 1.54) is 6.08 Å². The van der Waals surface area contributed by atoms with Crippen molar-refractivity contribution in [3.05, 3.63) is 71.4 Å². The van der Waals surface area contributed by atoms with Gasteiger partial charge in [0.05, 0.1) is 7.11 Å². The van der Waals surface area contributed by atoms with Gasteiger partial charge in [0.2, 0.25) is 0 Å². The summed E-state index contributed by atoms with van der Waals surface area (Å²) in [5, 5.41) is 14.5. The molecule has 1 atom stereocenters. The Balaban J connectivity index is 2.31. The van der Waals surface area contributed by atoms with Gasteiger partial charge < -0.3 is 20.5 Å². The number of benzene rings is 2. The van der Waals surface area contributed by atoms with Gasteiger partial charge >= 0.3 is 5.97 Å². The molecular formula is C23H26N2O5. The molecule has 2 aromatic rings. The Labute approximate surface area is 175 Å². The molecule has 158 valence electrons. The summed E-state index contributed by atoms with van der Waals surface area (Å²) in [6, 6.07) is 14.3. The number of hydrogen-bond acceptors (Lipinski definition) is 4. The van der Waals surface area contributed by atoms with Gasteiger partial charge in [-0.1, -0.05) is 44.2 Å². The molecule has 0 aliphatic carbocycles. The zero-order valence-corrected chi connectivity index (χ0v) is 17.2. The van der Waals surface area contributed by atoms with Gasteiger partial charge in [0.1, 0.15) is 17.5 Å². The molecule has 0 saturated heterocycles. The van der Waals surface area contributed by atoms with Gasteiger partial charge in [-0.2, -0.15) is 0 Å². The van der Waals surface area contributed by atoms with E-state index in [-0.39, 0.29) is 18.0 Å². The molecule has 7 nitrogen and oxygen atoms in total. The lowest BCUT2D eigenvalue weighted by Gasteiger charge is -2.18. The van der Waals surface area contributed by atoms with E-state index in [1.54, 1.807) is 61.7 Å². The molecule has 2 amide bonds. The number of rotatable bonds is 9. The Morgan fingerprint density at radius 1 is 1.03 bits per heavy atom. The van der Waals surface area contributed by atoms with Crippen molar-refractivity contribution in [1.29, 1.82) is 0 Å². The van der Waals surface area contributed by atoms with Gasteiger partial charge in [0.25, 0.3) is 11.8 Å². The van der Waals surface area contributed by atoms with Crippen LogP contribution in [0.1, 0.15) is 36.2 Å². The summed E-state index contributed by atoms with van der Waals surface area (Å²) in [6.45, 7) is 3.74. The molecule has 0 heterocycles. The Hall–Kier alpha value is -3.61. The first-order chi connectivity index (χ1) is 14.3. The molecule has 30 heavy (non-hydrogen) atoms. The third kappa shape index (κ3) is 6.77. The van der Waals surface area contributed by atoms with Crippen molar-refractivity contribution in [2.45, 2.75) is 26.3 Å². The van der Waals surface area contributed by atoms with Crippen LogP contribution in [0, 0.1) is 5.92 Å². The predicted octanol–water partition coefficient (Wildman–Crippen LogP) is 3.08. The lowest BCUT2D eigenvalue weighted by molar-refractivity contribution is -0.141. The number of ether oxygens (including phenoxy) is 1. The summed E-state index contributed by atoms with van der Waals surface area (Å²) in [5.74, 6) is -1.56. The zero-order valence-electron chi connectivity index (χ0n) is 17.2. The summed E-state index contributed by atoms with van der Waals surface area (Å²) < 4.78 is 5.12. The number of carboxylic acids is 1. The molecule has 3 N–H and O–H groups in total. The first kappa shape index (κ1) is 22.7. The zero-order chi connectivity index (χ0) is 22.1. The van der Waals surface area contributed by atoms with E-state index in [9.17, 15) is 19.5 Å². The monoisotopic (exact) mass is 410 g/mol. The molecule has 0 aliphatic rings. The van der Waals surface area contributed by atoms with Crippen LogP contribution < -0.4 is 15.4 Å². The topological polar surface area (TPSA) is 105 Å². The maximum atomic E-state index is 12.9. The number of carboxylic acid groups (broad SMARTS) is 1. The fourth-order valence-electron chi connectivity index (χ4n) is 2.74. The lowest BCUT2D eigenvalue weighted by Crippen LogP contribution is -2.45. The van der Waals surface area contributed by atoms with E-state index in [2.05, 4.69) is 10.6 Å². The van der Waals surface area contributed by atoms with Gasteiger partial charge in [-0.3, -0.25) is 9.59 Å². The second-order valence-electron chi connectivity index (χ2n) is 7.15. The summed E-state index contributed by atoms with van der Waals surface area (Å²) in [4.78, 5) is 37.0. The fourth-order valence-corrected chi connectivity index (χ4v) is 2.74. The Morgan fingerprint density at radius 3 is 2.20 bits per heavy atom. The van der Waals surface area contributed by atoms with E-state index in [4.69, 9.17) is 4.74 Å². The number of amides is 2. The lowest BCUT2D eigenvalue weighted by atomic mass is 10.0. The highest BCUT2D eigenvalue weighted by molar-refractivity contribution is 6.06.